The fourth-order valence-corrected chi connectivity index (χ4v) is 2.45. The second-order valence-corrected chi connectivity index (χ2v) is 6.64. The number of rotatable bonds is 4. The van der Waals surface area contributed by atoms with Gasteiger partial charge in [0, 0.05) is 18.5 Å². The molecule has 1 aliphatic heterocycles. The highest BCUT2D eigenvalue weighted by Crippen LogP contribution is 2.23. The maximum Gasteiger partial charge on any atom is 0.227 e. The summed E-state index contributed by atoms with van der Waals surface area (Å²) in [6.07, 6.45) is 2.37. The van der Waals surface area contributed by atoms with Crippen LogP contribution in [0.3, 0.4) is 0 Å². The minimum absolute atomic E-state index is 0.0421. The lowest BCUT2D eigenvalue weighted by Crippen LogP contribution is -2.50. The van der Waals surface area contributed by atoms with Crippen molar-refractivity contribution in [3.05, 3.63) is 0 Å². The monoisotopic (exact) mass is 284 g/mol. The number of aliphatic hydroxyl groups excluding tert-OH is 1. The minimum Gasteiger partial charge on any atom is -0.394 e. The lowest BCUT2D eigenvalue weighted by molar-refractivity contribution is -0.143. The van der Waals surface area contributed by atoms with E-state index in [0.29, 0.717) is 13.0 Å². The Morgan fingerprint density at radius 1 is 1.40 bits per heavy atom. The fraction of sp³-hybridized carbons (Fsp3) is 0.867. The maximum absolute atomic E-state index is 12.3. The van der Waals surface area contributed by atoms with E-state index in [4.69, 9.17) is 5.11 Å². The van der Waals surface area contributed by atoms with Crippen LogP contribution in [-0.4, -0.2) is 47.6 Å². The first-order valence-electron chi connectivity index (χ1n) is 7.50. The zero-order valence-electron chi connectivity index (χ0n) is 13.1. The molecule has 0 spiro atoms. The molecule has 20 heavy (non-hydrogen) atoms. The van der Waals surface area contributed by atoms with Gasteiger partial charge in [-0.15, -0.1) is 0 Å². The number of likely N-dealkylation sites (tertiary alicyclic amines) is 1. The van der Waals surface area contributed by atoms with Crippen molar-refractivity contribution in [1.29, 1.82) is 0 Å². The summed E-state index contributed by atoms with van der Waals surface area (Å²) in [5.41, 5.74) is -0.407. The molecule has 0 aromatic rings. The summed E-state index contributed by atoms with van der Waals surface area (Å²) in [6.45, 7) is 8.81. The highest BCUT2D eigenvalue weighted by atomic mass is 16.3. The van der Waals surface area contributed by atoms with E-state index in [-0.39, 0.29) is 30.4 Å². The Bertz CT molecular complexity index is 346. The van der Waals surface area contributed by atoms with Gasteiger partial charge in [-0.2, -0.15) is 0 Å². The molecule has 2 unspecified atom stereocenters. The van der Waals surface area contributed by atoms with Gasteiger partial charge in [-0.25, -0.2) is 0 Å². The third-order valence-corrected chi connectivity index (χ3v) is 3.78. The second kappa shape index (κ2) is 7.07. The Balaban J connectivity index is 2.60. The molecule has 0 aliphatic carbocycles. The number of piperidine rings is 1. The van der Waals surface area contributed by atoms with Gasteiger partial charge in [0.2, 0.25) is 11.8 Å². The molecule has 0 aromatic heterocycles. The summed E-state index contributed by atoms with van der Waals surface area (Å²) in [4.78, 5) is 26.3. The molecule has 1 heterocycles. The predicted octanol–water partition coefficient (Wildman–Crippen LogP) is 1.16. The number of nitrogens with one attached hydrogen (secondary N) is 1. The molecule has 0 bridgehead atoms. The van der Waals surface area contributed by atoms with E-state index in [1.54, 1.807) is 4.90 Å². The number of amides is 2. The zero-order valence-corrected chi connectivity index (χ0v) is 13.1. The number of aliphatic hydroxyl groups is 1. The first kappa shape index (κ1) is 17.0. The Morgan fingerprint density at radius 2 is 2.05 bits per heavy atom. The lowest BCUT2D eigenvalue weighted by atomic mass is 9.90. The van der Waals surface area contributed by atoms with E-state index >= 15 is 0 Å². The van der Waals surface area contributed by atoms with Gasteiger partial charge in [0.15, 0.2) is 0 Å². The topological polar surface area (TPSA) is 69.6 Å². The molecule has 1 rings (SSSR count). The van der Waals surface area contributed by atoms with Crippen molar-refractivity contribution in [3.63, 3.8) is 0 Å². The smallest absolute Gasteiger partial charge is 0.227 e. The number of hydrogen-bond donors (Lipinski definition) is 2. The van der Waals surface area contributed by atoms with Gasteiger partial charge < -0.3 is 15.3 Å². The molecular formula is C15H28N2O3. The summed E-state index contributed by atoms with van der Waals surface area (Å²) < 4.78 is 0. The zero-order chi connectivity index (χ0) is 15.3. The van der Waals surface area contributed by atoms with Gasteiger partial charge in [0.05, 0.1) is 18.6 Å². The van der Waals surface area contributed by atoms with Gasteiger partial charge in [-0.1, -0.05) is 27.7 Å². The largest absolute Gasteiger partial charge is 0.394 e. The molecule has 2 atom stereocenters. The van der Waals surface area contributed by atoms with Gasteiger partial charge in [0.25, 0.3) is 0 Å². The van der Waals surface area contributed by atoms with Crippen LogP contribution in [0.25, 0.3) is 0 Å². The van der Waals surface area contributed by atoms with Crippen molar-refractivity contribution < 1.29 is 14.7 Å². The van der Waals surface area contributed by atoms with Crippen LogP contribution in [0.4, 0.5) is 0 Å². The predicted molar refractivity (Wildman–Crippen MR) is 78.1 cm³/mol. The van der Waals surface area contributed by atoms with E-state index < -0.39 is 5.41 Å². The van der Waals surface area contributed by atoms with Crippen LogP contribution in [0.5, 0.6) is 0 Å². The summed E-state index contributed by atoms with van der Waals surface area (Å²) in [7, 11) is 0. The van der Waals surface area contributed by atoms with E-state index in [2.05, 4.69) is 5.32 Å². The van der Waals surface area contributed by atoms with Crippen molar-refractivity contribution in [2.75, 3.05) is 19.7 Å². The number of carbonyl (C=O) groups is 2. The Kier molecular flexibility index (Phi) is 5.99. The molecule has 1 aliphatic rings. The van der Waals surface area contributed by atoms with E-state index in [1.165, 1.54) is 0 Å². The van der Waals surface area contributed by atoms with Crippen LogP contribution >= 0.6 is 0 Å². The maximum atomic E-state index is 12.3. The number of carbonyl (C=O) groups excluding carboxylic acids is 2. The first-order chi connectivity index (χ1) is 9.29. The molecule has 5 nitrogen and oxygen atoms in total. The molecule has 1 fully saturated rings. The van der Waals surface area contributed by atoms with E-state index in [1.807, 2.05) is 27.7 Å². The normalized spacial score (nSPS) is 21.4. The van der Waals surface area contributed by atoms with Crippen molar-refractivity contribution >= 4 is 11.8 Å². The molecule has 0 saturated carbocycles. The SMILES string of the molecule is CCC(CO)NC(=O)C1CCCN(C(=O)C(C)(C)C)C1. The average Bonchev–Trinajstić information content (AvgIpc) is 2.42. The van der Waals surface area contributed by atoms with Crippen LogP contribution < -0.4 is 5.32 Å². The second-order valence-electron chi connectivity index (χ2n) is 6.64. The van der Waals surface area contributed by atoms with Crippen molar-refractivity contribution in [2.45, 2.75) is 53.0 Å². The Hall–Kier alpha value is -1.10. The number of nitrogens with zero attached hydrogens (tertiary/aromatic N) is 1. The van der Waals surface area contributed by atoms with Crippen LogP contribution in [0.1, 0.15) is 47.0 Å². The average molecular weight is 284 g/mol. The highest BCUT2D eigenvalue weighted by Gasteiger charge is 2.33. The lowest BCUT2D eigenvalue weighted by Gasteiger charge is -2.36. The Labute approximate surface area is 121 Å². The van der Waals surface area contributed by atoms with Crippen LogP contribution in [0.2, 0.25) is 0 Å². The highest BCUT2D eigenvalue weighted by molar-refractivity contribution is 5.84. The molecule has 1 saturated heterocycles. The third kappa shape index (κ3) is 4.47. The quantitative estimate of drug-likeness (QED) is 0.814. The minimum atomic E-state index is -0.407. The van der Waals surface area contributed by atoms with Crippen LogP contribution in [-0.2, 0) is 9.59 Å². The molecule has 0 aromatic carbocycles. The van der Waals surface area contributed by atoms with E-state index in [0.717, 1.165) is 19.4 Å². The van der Waals surface area contributed by atoms with Crippen LogP contribution in [0, 0.1) is 11.3 Å². The summed E-state index contributed by atoms with van der Waals surface area (Å²) in [5.74, 6) is -0.0999. The standard InChI is InChI=1S/C15H28N2O3/c1-5-12(10-18)16-13(19)11-7-6-8-17(9-11)14(20)15(2,3)4/h11-12,18H,5-10H2,1-4H3,(H,16,19). The molecule has 116 valence electrons. The summed E-state index contributed by atoms with van der Waals surface area (Å²) >= 11 is 0. The van der Waals surface area contributed by atoms with Gasteiger partial charge in [-0.3, -0.25) is 9.59 Å². The molecular weight excluding hydrogens is 256 g/mol. The fourth-order valence-electron chi connectivity index (χ4n) is 2.45. The molecule has 2 amide bonds. The summed E-state index contributed by atoms with van der Waals surface area (Å²) in [5, 5.41) is 12.0. The van der Waals surface area contributed by atoms with Gasteiger partial charge in [-0.05, 0) is 19.3 Å². The van der Waals surface area contributed by atoms with Crippen molar-refractivity contribution in [2.24, 2.45) is 11.3 Å². The molecule has 0 radical (unpaired) electrons. The van der Waals surface area contributed by atoms with E-state index in [9.17, 15) is 9.59 Å². The summed E-state index contributed by atoms with van der Waals surface area (Å²) in [6, 6.07) is -0.184. The van der Waals surface area contributed by atoms with Gasteiger partial charge >= 0.3 is 0 Å². The first-order valence-corrected chi connectivity index (χ1v) is 7.50. The van der Waals surface area contributed by atoms with Gasteiger partial charge in [0.1, 0.15) is 0 Å². The van der Waals surface area contributed by atoms with Crippen molar-refractivity contribution in [1.82, 2.24) is 10.2 Å². The van der Waals surface area contributed by atoms with Crippen molar-refractivity contribution in [3.8, 4) is 0 Å². The Morgan fingerprint density at radius 3 is 2.55 bits per heavy atom. The third-order valence-electron chi connectivity index (χ3n) is 3.78. The molecule has 2 N–H and O–H groups in total. The molecule has 5 heteroatoms. The van der Waals surface area contributed by atoms with Crippen LogP contribution in [0.15, 0.2) is 0 Å². The number of hydrogen-bond acceptors (Lipinski definition) is 3.